The maximum absolute atomic E-state index is 12.7. The second-order valence-electron chi connectivity index (χ2n) is 6.18. The maximum Gasteiger partial charge on any atom is 0.359 e. The lowest BCUT2D eigenvalue weighted by molar-refractivity contribution is 0.0469. The molecule has 0 amide bonds. The molecule has 9 heteroatoms. The minimum atomic E-state index is -0.829. The van der Waals surface area contributed by atoms with Gasteiger partial charge in [0, 0.05) is 22.6 Å². The number of benzene rings is 1. The van der Waals surface area contributed by atoms with E-state index in [0.717, 1.165) is 11.4 Å². The number of hydrogen-bond acceptors (Lipinski definition) is 4. The number of aryl methyl sites for hydroxylation is 1. The van der Waals surface area contributed by atoms with Gasteiger partial charge in [0.05, 0.1) is 15.1 Å². The van der Waals surface area contributed by atoms with Crippen molar-refractivity contribution in [3.05, 3.63) is 79.3 Å². The Morgan fingerprint density at radius 1 is 0.966 bits per heavy atom. The van der Waals surface area contributed by atoms with Crippen LogP contribution in [0.2, 0.25) is 20.2 Å². The highest BCUT2D eigenvalue weighted by Gasteiger charge is 2.20. The summed E-state index contributed by atoms with van der Waals surface area (Å²) in [5.41, 5.74) is 2.54. The highest BCUT2D eigenvalue weighted by molar-refractivity contribution is 6.42. The molecule has 0 radical (unpaired) electrons. The van der Waals surface area contributed by atoms with Gasteiger partial charge in [-0.2, -0.15) is 0 Å². The number of carbonyl (C=O) groups excluding carboxylic acids is 2. The van der Waals surface area contributed by atoms with Crippen molar-refractivity contribution in [2.75, 3.05) is 6.61 Å². The number of carbonyl (C=O) groups is 2. The molecule has 0 bridgehead atoms. The number of halogens is 4. The highest BCUT2D eigenvalue weighted by Crippen LogP contribution is 2.28. The first-order valence-corrected chi connectivity index (χ1v) is 9.87. The average molecular weight is 472 g/mol. The summed E-state index contributed by atoms with van der Waals surface area (Å²) in [6.07, 6.45) is 0. The summed E-state index contributed by atoms with van der Waals surface area (Å²) in [7, 11) is 0. The Balaban J connectivity index is 1.80. The summed E-state index contributed by atoms with van der Waals surface area (Å²) in [6.45, 7) is 3.18. The molecule has 2 aromatic heterocycles. The number of esters is 1. The van der Waals surface area contributed by atoms with Gasteiger partial charge in [-0.3, -0.25) is 4.79 Å². The zero-order valence-corrected chi connectivity index (χ0v) is 18.3. The molecule has 0 saturated heterocycles. The van der Waals surface area contributed by atoms with Crippen LogP contribution in [0.5, 0.6) is 0 Å². The van der Waals surface area contributed by atoms with Crippen molar-refractivity contribution in [3.63, 3.8) is 0 Å². The fraction of sp³-hybridized carbons (Fsp3) is 0.150. The molecular weight excluding hydrogens is 458 g/mol. The van der Waals surface area contributed by atoms with E-state index in [4.69, 9.17) is 51.1 Å². The zero-order chi connectivity index (χ0) is 21.3. The molecule has 2 heterocycles. The lowest BCUT2D eigenvalue weighted by Crippen LogP contribution is -2.16. The SMILES string of the molecule is Cc1cc(C(=O)COC(=O)c2nc(Cl)ccc2Cl)c(C)n1-c1ccc(Cl)c(Cl)c1. The van der Waals surface area contributed by atoms with Crippen LogP contribution >= 0.6 is 46.4 Å². The first-order chi connectivity index (χ1) is 13.7. The van der Waals surface area contributed by atoms with Gasteiger partial charge in [0.25, 0.3) is 0 Å². The molecule has 0 atom stereocenters. The molecule has 0 aliphatic carbocycles. The fourth-order valence-electron chi connectivity index (χ4n) is 2.91. The average Bonchev–Trinajstić information content (AvgIpc) is 2.98. The molecule has 3 rings (SSSR count). The monoisotopic (exact) mass is 470 g/mol. The molecule has 0 fully saturated rings. The third kappa shape index (κ3) is 4.59. The number of rotatable bonds is 5. The lowest BCUT2D eigenvalue weighted by Gasteiger charge is -2.11. The van der Waals surface area contributed by atoms with Gasteiger partial charge in [-0.25, -0.2) is 9.78 Å². The van der Waals surface area contributed by atoms with Crippen molar-refractivity contribution in [2.45, 2.75) is 13.8 Å². The smallest absolute Gasteiger partial charge is 0.359 e. The number of pyridine rings is 1. The number of aromatic nitrogens is 2. The Labute approximate surface area is 187 Å². The second kappa shape index (κ2) is 8.76. The first-order valence-electron chi connectivity index (χ1n) is 8.35. The van der Waals surface area contributed by atoms with E-state index in [0.29, 0.717) is 21.3 Å². The summed E-state index contributed by atoms with van der Waals surface area (Å²) in [5.74, 6) is -1.19. The standard InChI is InChI=1S/C20H14Cl4N2O3/c1-10-7-13(11(2)26(10)12-3-4-14(21)16(23)8-12)17(27)9-29-20(28)19-15(22)5-6-18(24)25-19/h3-8H,9H2,1-2H3. The maximum atomic E-state index is 12.7. The Kier molecular flexibility index (Phi) is 6.54. The van der Waals surface area contributed by atoms with E-state index < -0.39 is 12.6 Å². The second-order valence-corrected chi connectivity index (χ2v) is 7.79. The Morgan fingerprint density at radius 3 is 2.34 bits per heavy atom. The topological polar surface area (TPSA) is 61.2 Å². The van der Waals surface area contributed by atoms with Crippen molar-refractivity contribution in [3.8, 4) is 5.69 Å². The number of Topliss-reactive ketones (excluding diaryl/α,β-unsaturated/α-hetero) is 1. The Hall–Kier alpha value is -2.05. The van der Waals surface area contributed by atoms with Crippen LogP contribution in [0.15, 0.2) is 36.4 Å². The number of ether oxygens (including phenoxy) is 1. The van der Waals surface area contributed by atoms with Crippen LogP contribution in [-0.4, -0.2) is 27.9 Å². The van der Waals surface area contributed by atoms with Crippen LogP contribution in [-0.2, 0) is 4.74 Å². The van der Waals surface area contributed by atoms with Gasteiger partial charge in [0.1, 0.15) is 5.15 Å². The van der Waals surface area contributed by atoms with Gasteiger partial charge in [-0.05, 0) is 50.2 Å². The summed E-state index contributed by atoms with van der Waals surface area (Å²) in [6, 6.07) is 9.80. The quantitative estimate of drug-likeness (QED) is 0.254. The van der Waals surface area contributed by atoms with Crippen molar-refractivity contribution in [2.24, 2.45) is 0 Å². The predicted molar refractivity (Wildman–Crippen MR) is 114 cm³/mol. The number of ketones is 1. The van der Waals surface area contributed by atoms with Gasteiger partial charge in [-0.15, -0.1) is 0 Å². The van der Waals surface area contributed by atoms with E-state index in [1.54, 1.807) is 31.2 Å². The zero-order valence-electron chi connectivity index (χ0n) is 15.3. The van der Waals surface area contributed by atoms with Gasteiger partial charge in [0.2, 0.25) is 5.78 Å². The number of nitrogens with zero attached hydrogens (tertiary/aromatic N) is 2. The van der Waals surface area contributed by atoms with Crippen LogP contribution in [0.3, 0.4) is 0 Å². The highest BCUT2D eigenvalue weighted by atomic mass is 35.5. The van der Waals surface area contributed by atoms with Crippen molar-refractivity contribution in [1.82, 2.24) is 9.55 Å². The minimum absolute atomic E-state index is 0.0876. The molecule has 1 aromatic carbocycles. The van der Waals surface area contributed by atoms with Crippen LogP contribution in [0.1, 0.15) is 32.2 Å². The van der Waals surface area contributed by atoms with E-state index in [1.807, 2.05) is 11.5 Å². The van der Waals surface area contributed by atoms with Crippen LogP contribution < -0.4 is 0 Å². The summed E-state index contributed by atoms with van der Waals surface area (Å²) in [4.78, 5) is 28.7. The minimum Gasteiger partial charge on any atom is -0.453 e. The largest absolute Gasteiger partial charge is 0.453 e. The molecular formula is C20H14Cl4N2O3. The Morgan fingerprint density at radius 2 is 1.66 bits per heavy atom. The van der Waals surface area contributed by atoms with Crippen molar-refractivity contribution < 1.29 is 14.3 Å². The summed E-state index contributed by atoms with van der Waals surface area (Å²) in [5, 5.41) is 1.03. The number of hydrogen-bond donors (Lipinski definition) is 0. The molecule has 0 saturated carbocycles. The van der Waals surface area contributed by atoms with E-state index in [1.165, 1.54) is 12.1 Å². The fourth-order valence-corrected chi connectivity index (χ4v) is 3.53. The third-order valence-corrected chi connectivity index (χ3v) is 5.49. The molecule has 29 heavy (non-hydrogen) atoms. The van der Waals surface area contributed by atoms with Gasteiger partial charge < -0.3 is 9.30 Å². The molecule has 0 spiro atoms. The molecule has 0 aliphatic rings. The third-order valence-electron chi connectivity index (χ3n) is 4.23. The van der Waals surface area contributed by atoms with Crippen LogP contribution in [0.25, 0.3) is 5.69 Å². The first kappa shape index (κ1) is 21.7. The summed E-state index contributed by atoms with van der Waals surface area (Å²) < 4.78 is 6.95. The van der Waals surface area contributed by atoms with Crippen LogP contribution in [0, 0.1) is 13.8 Å². The van der Waals surface area contributed by atoms with Gasteiger partial charge >= 0.3 is 5.97 Å². The molecule has 0 unspecified atom stereocenters. The molecule has 3 aromatic rings. The molecule has 0 aliphatic heterocycles. The van der Waals surface area contributed by atoms with E-state index >= 15 is 0 Å². The predicted octanol–water partition coefficient (Wildman–Crippen LogP) is 6.14. The molecule has 150 valence electrons. The van der Waals surface area contributed by atoms with E-state index in [2.05, 4.69) is 4.98 Å². The lowest BCUT2D eigenvalue weighted by atomic mass is 10.1. The molecule has 5 nitrogen and oxygen atoms in total. The normalized spacial score (nSPS) is 10.8. The van der Waals surface area contributed by atoms with E-state index in [9.17, 15) is 9.59 Å². The molecule has 0 N–H and O–H groups in total. The Bertz CT molecular complexity index is 1130. The van der Waals surface area contributed by atoms with Gasteiger partial charge in [-0.1, -0.05) is 46.4 Å². The van der Waals surface area contributed by atoms with Crippen molar-refractivity contribution in [1.29, 1.82) is 0 Å². The van der Waals surface area contributed by atoms with E-state index in [-0.39, 0.29) is 21.7 Å². The van der Waals surface area contributed by atoms with Crippen LogP contribution in [0.4, 0.5) is 0 Å². The van der Waals surface area contributed by atoms with Gasteiger partial charge in [0.15, 0.2) is 12.3 Å². The summed E-state index contributed by atoms with van der Waals surface area (Å²) >= 11 is 23.8. The van der Waals surface area contributed by atoms with Crippen molar-refractivity contribution >= 4 is 58.2 Å².